The quantitative estimate of drug-likeness (QED) is 0.751. The first-order valence-electron chi connectivity index (χ1n) is 5.86. The molecule has 0 saturated heterocycles. The summed E-state index contributed by atoms with van der Waals surface area (Å²) in [5.41, 5.74) is 1.59. The van der Waals surface area contributed by atoms with Crippen molar-refractivity contribution in [3.63, 3.8) is 0 Å². The highest BCUT2D eigenvalue weighted by atomic mass is 16.3. The van der Waals surface area contributed by atoms with E-state index in [-0.39, 0.29) is 5.78 Å². The van der Waals surface area contributed by atoms with Crippen molar-refractivity contribution in [2.24, 2.45) is 0 Å². The van der Waals surface area contributed by atoms with E-state index in [1.165, 1.54) is 0 Å². The van der Waals surface area contributed by atoms with Gasteiger partial charge in [-0.05, 0) is 49.3 Å². The molecule has 0 unspecified atom stereocenters. The molecule has 2 aromatic heterocycles. The number of hydrogen-bond donors (Lipinski definition) is 0. The van der Waals surface area contributed by atoms with E-state index in [1.54, 1.807) is 12.5 Å². The average Bonchev–Trinajstić information content (AvgIpc) is 3.08. The van der Waals surface area contributed by atoms with Gasteiger partial charge in [-0.1, -0.05) is 0 Å². The summed E-state index contributed by atoms with van der Waals surface area (Å²) < 4.78 is 10.4. The van der Waals surface area contributed by atoms with Gasteiger partial charge in [0, 0.05) is 11.1 Å². The molecule has 0 atom stereocenters. The number of allylic oxidation sites excluding steroid dienone is 2. The molecule has 18 heavy (non-hydrogen) atoms. The van der Waals surface area contributed by atoms with E-state index < -0.39 is 0 Å². The van der Waals surface area contributed by atoms with Gasteiger partial charge in [-0.15, -0.1) is 0 Å². The van der Waals surface area contributed by atoms with Crippen molar-refractivity contribution >= 4 is 17.9 Å². The smallest absolute Gasteiger partial charge is 0.185 e. The largest absolute Gasteiger partial charge is 0.465 e. The second-order valence-electron chi connectivity index (χ2n) is 4.20. The summed E-state index contributed by atoms with van der Waals surface area (Å²) in [5.74, 6) is 1.53. The third-order valence-corrected chi connectivity index (χ3v) is 2.97. The predicted molar refractivity (Wildman–Crippen MR) is 67.6 cm³/mol. The Balaban J connectivity index is 1.85. The van der Waals surface area contributed by atoms with Gasteiger partial charge in [-0.2, -0.15) is 0 Å². The molecule has 3 rings (SSSR count). The zero-order valence-electron chi connectivity index (χ0n) is 9.76. The van der Waals surface area contributed by atoms with Gasteiger partial charge in [-0.3, -0.25) is 4.79 Å². The van der Waals surface area contributed by atoms with Crippen LogP contribution in [-0.2, 0) is 4.79 Å². The Kier molecular flexibility index (Phi) is 2.73. The minimum absolute atomic E-state index is 0.0859. The summed E-state index contributed by atoms with van der Waals surface area (Å²) in [5, 5.41) is 0. The molecule has 0 aliphatic heterocycles. The number of rotatable bonds is 2. The summed E-state index contributed by atoms with van der Waals surface area (Å²) >= 11 is 0. The van der Waals surface area contributed by atoms with E-state index in [1.807, 2.05) is 36.4 Å². The zero-order valence-corrected chi connectivity index (χ0v) is 9.76. The number of furan rings is 2. The summed E-state index contributed by atoms with van der Waals surface area (Å²) in [6.45, 7) is 0. The van der Waals surface area contributed by atoms with Crippen LogP contribution < -0.4 is 0 Å². The highest BCUT2D eigenvalue weighted by Crippen LogP contribution is 2.29. The monoisotopic (exact) mass is 240 g/mol. The summed E-state index contributed by atoms with van der Waals surface area (Å²) in [7, 11) is 0. The maximum Gasteiger partial charge on any atom is 0.185 e. The van der Waals surface area contributed by atoms with E-state index in [4.69, 9.17) is 8.83 Å². The van der Waals surface area contributed by atoms with E-state index in [0.717, 1.165) is 35.5 Å². The molecule has 0 spiro atoms. The summed E-state index contributed by atoms with van der Waals surface area (Å²) in [6.07, 6.45) is 8.34. The van der Waals surface area contributed by atoms with Gasteiger partial charge in [0.1, 0.15) is 11.5 Å². The Hall–Kier alpha value is -2.29. The Bertz CT molecular complexity index is 544. The fraction of sp³-hybridized carbons (Fsp3) is 0.133. The van der Waals surface area contributed by atoms with Crippen molar-refractivity contribution in [1.29, 1.82) is 0 Å². The van der Waals surface area contributed by atoms with Crippen molar-refractivity contribution in [2.75, 3.05) is 0 Å². The molecule has 3 heteroatoms. The molecule has 1 saturated carbocycles. The van der Waals surface area contributed by atoms with Crippen molar-refractivity contribution in [1.82, 2.24) is 0 Å². The second-order valence-corrected chi connectivity index (χ2v) is 4.20. The van der Waals surface area contributed by atoms with Crippen LogP contribution in [0.2, 0.25) is 0 Å². The topological polar surface area (TPSA) is 43.4 Å². The lowest BCUT2D eigenvalue weighted by atomic mass is 10.1. The fourth-order valence-corrected chi connectivity index (χ4v) is 2.07. The molecular formula is C15H12O3. The standard InChI is InChI=1S/C15H12O3/c16-15-11(9-13-3-1-7-17-13)5-6-12(15)10-14-4-2-8-18-14/h1-4,7-10H,5-6H2/b11-9+,12-10?. The fourth-order valence-electron chi connectivity index (χ4n) is 2.07. The lowest BCUT2D eigenvalue weighted by Crippen LogP contribution is -1.94. The number of carbonyl (C=O) groups is 1. The first-order valence-corrected chi connectivity index (χ1v) is 5.86. The molecule has 1 aliphatic carbocycles. The number of ketones is 1. The zero-order chi connectivity index (χ0) is 12.4. The molecule has 0 aromatic carbocycles. The molecule has 90 valence electrons. The number of hydrogen-bond acceptors (Lipinski definition) is 3. The van der Waals surface area contributed by atoms with Crippen LogP contribution in [0.25, 0.3) is 12.2 Å². The van der Waals surface area contributed by atoms with Crippen LogP contribution in [0.4, 0.5) is 0 Å². The van der Waals surface area contributed by atoms with Crippen LogP contribution in [0.1, 0.15) is 24.4 Å². The molecule has 0 bridgehead atoms. The molecule has 2 heterocycles. The minimum Gasteiger partial charge on any atom is -0.465 e. The van der Waals surface area contributed by atoms with Gasteiger partial charge in [-0.25, -0.2) is 0 Å². The van der Waals surface area contributed by atoms with E-state index in [0.29, 0.717) is 0 Å². The first-order chi connectivity index (χ1) is 8.83. The van der Waals surface area contributed by atoms with Gasteiger partial charge in [0.25, 0.3) is 0 Å². The molecule has 1 fully saturated rings. The average molecular weight is 240 g/mol. The molecule has 3 nitrogen and oxygen atoms in total. The van der Waals surface area contributed by atoms with Crippen LogP contribution in [0, 0.1) is 0 Å². The van der Waals surface area contributed by atoms with Crippen molar-refractivity contribution in [3.8, 4) is 0 Å². The maximum atomic E-state index is 12.1. The van der Waals surface area contributed by atoms with Crippen LogP contribution in [-0.4, -0.2) is 5.78 Å². The molecular weight excluding hydrogens is 228 g/mol. The Morgan fingerprint density at radius 2 is 1.39 bits per heavy atom. The Morgan fingerprint density at radius 1 is 0.889 bits per heavy atom. The van der Waals surface area contributed by atoms with E-state index in [2.05, 4.69) is 0 Å². The van der Waals surface area contributed by atoms with Gasteiger partial charge in [0.2, 0.25) is 0 Å². The summed E-state index contributed by atoms with van der Waals surface area (Å²) in [6, 6.07) is 7.31. The van der Waals surface area contributed by atoms with Gasteiger partial charge in [0.15, 0.2) is 5.78 Å². The molecule has 0 radical (unpaired) electrons. The highest BCUT2D eigenvalue weighted by molar-refractivity contribution is 6.15. The SMILES string of the molecule is O=C1C(=Cc2ccco2)CC/C1=C\c1ccco1. The first kappa shape index (κ1) is 10.8. The van der Waals surface area contributed by atoms with Crippen LogP contribution in [0.5, 0.6) is 0 Å². The van der Waals surface area contributed by atoms with Crippen molar-refractivity contribution in [2.45, 2.75) is 12.8 Å². The minimum atomic E-state index is 0.0859. The van der Waals surface area contributed by atoms with Gasteiger partial charge < -0.3 is 8.83 Å². The maximum absolute atomic E-state index is 12.1. The Morgan fingerprint density at radius 3 is 1.78 bits per heavy atom. The molecule has 1 aliphatic rings. The van der Waals surface area contributed by atoms with Crippen LogP contribution >= 0.6 is 0 Å². The van der Waals surface area contributed by atoms with Crippen molar-refractivity contribution in [3.05, 3.63) is 59.5 Å². The predicted octanol–water partition coefficient (Wildman–Crippen LogP) is 3.70. The third kappa shape index (κ3) is 2.07. The van der Waals surface area contributed by atoms with Crippen molar-refractivity contribution < 1.29 is 13.6 Å². The van der Waals surface area contributed by atoms with Crippen LogP contribution in [0.3, 0.4) is 0 Å². The molecule has 0 amide bonds. The number of carbonyl (C=O) groups excluding carboxylic acids is 1. The molecule has 2 aromatic rings. The lowest BCUT2D eigenvalue weighted by molar-refractivity contribution is -0.111. The normalized spacial score (nSPS) is 20.1. The Labute approximate surface area is 104 Å². The van der Waals surface area contributed by atoms with E-state index in [9.17, 15) is 4.79 Å². The third-order valence-electron chi connectivity index (χ3n) is 2.97. The summed E-state index contributed by atoms with van der Waals surface area (Å²) in [4.78, 5) is 12.1. The van der Waals surface area contributed by atoms with Gasteiger partial charge in [0.05, 0.1) is 12.5 Å². The van der Waals surface area contributed by atoms with Gasteiger partial charge >= 0.3 is 0 Å². The molecule has 0 N–H and O–H groups in total. The lowest BCUT2D eigenvalue weighted by Gasteiger charge is -1.93. The van der Waals surface area contributed by atoms with E-state index >= 15 is 0 Å². The number of Topliss-reactive ketones (excluding diaryl/α,β-unsaturated/α-hetero) is 1. The second kappa shape index (κ2) is 4.53. The highest BCUT2D eigenvalue weighted by Gasteiger charge is 2.23. The van der Waals surface area contributed by atoms with Crippen LogP contribution in [0.15, 0.2) is 56.8 Å².